The molecule has 1 unspecified atom stereocenters. The van der Waals surface area contributed by atoms with Gasteiger partial charge in [-0.25, -0.2) is 4.79 Å². The van der Waals surface area contributed by atoms with Crippen LogP contribution in [0.5, 0.6) is 5.75 Å². The van der Waals surface area contributed by atoms with Crippen molar-refractivity contribution in [3.8, 4) is 16.9 Å². The van der Waals surface area contributed by atoms with E-state index >= 15 is 0 Å². The number of ether oxygens (including phenoxy) is 2. The molecule has 3 aromatic rings. The number of rotatable bonds is 11. The minimum atomic E-state index is -0.192. The summed E-state index contributed by atoms with van der Waals surface area (Å²) in [5.74, 6) is 2.48. The first-order chi connectivity index (χ1) is 24.7. The van der Waals surface area contributed by atoms with Crippen LogP contribution >= 0.6 is 0 Å². The van der Waals surface area contributed by atoms with Gasteiger partial charge in [0.1, 0.15) is 5.75 Å². The van der Waals surface area contributed by atoms with Crippen LogP contribution in [-0.4, -0.2) is 85.1 Å². The van der Waals surface area contributed by atoms with Gasteiger partial charge in [-0.1, -0.05) is 24.3 Å². The van der Waals surface area contributed by atoms with Crippen LogP contribution in [0.3, 0.4) is 0 Å². The summed E-state index contributed by atoms with van der Waals surface area (Å²) < 4.78 is 13.4. The van der Waals surface area contributed by atoms with E-state index in [9.17, 15) is 9.59 Å². The van der Waals surface area contributed by atoms with Crippen LogP contribution in [0.2, 0.25) is 0 Å². The standard InChI is InChI=1S/C42H57N5O4/c1-29-22-35(16-19-40(29)50-4)32-12-8-30(9-13-32)25-46(38-7-5-6-34(23-38)36-24-43-47(26-36)37-17-18-37)41(48)33-14-10-31(11-15-33)28-51-42(49)45-21-20-39(27-45)44(2)3/h5-7,16,19,22-24,26,30-33,37,39H,8-15,17-18,20-21,25,27-28H2,1-4H3. The van der Waals surface area contributed by atoms with Gasteiger partial charge in [0, 0.05) is 49.0 Å². The van der Waals surface area contributed by atoms with Gasteiger partial charge in [0.05, 0.1) is 26.0 Å². The second kappa shape index (κ2) is 15.8. The predicted octanol–water partition coefficient (Wildman–Crippen LogP) is 8.09. The van der Waals surface area contributed by atoms with E-state index in [4.69, 9.17) is 9.47 Å². The Bertz CT molecular complexity index is 1650. The molecule has 0 spiro atoms. The van der Waals surface area contributed by atoms with Gasteiger partial charge in [-0.3, -0.25) is 9.48 Å². The van der Waals surface area contributed by atoms with Crippen LogP contribution in [0.25, 0.3) is 11.1 Å². The van der Waals surface area contributed by atoms with E-state index in [1.54, 1.807) is 7.11 Å². The van der Waals surface area contributed by atoms with Gasteiger partial charge >= 0.3 is 6.09 Å². The third kappa shape index (κ3) is 8.45. The molecule has 1 aromatic heterocycles. The number of aromatic nitrogens is 2. The average Bonchev–Trinajstić information content (AvgIpc) is 3.65. The number of nitrogens with zero attached hydrogens (tertiary/aromatic N) is 5. The normalized spacial score (nSPS) is 25.2. The molecule has 3 saturated carbocycles. The number of hydrogen-bond donors (Lipinski definition) is 0. The summed E-state index contributed by atoms with van der Waals surface area (Å²) in [5, 5.41) is 4.64. The first kappa shape index (κ1) is 35.5. The molecule has 4 fully saturated rings. The number of likely N-dealkylation sites (tertiary alicyclic amines) is 1. The third-order valence-electron chi connectivity index (χ3n) is 12.2. The molecule has 9 heteroatoms. The number of aryl methyl sites for hydroxylation is 1. The maximum Gasteiger partial charge on any atom is 0.409 e. The molecule has 0 N–H and O–H groups in total. The first-order valence-electron chi connectivity index (χ1n) is 19.4. The highest BCUT2D eigenvalue weighted by atomic mass is 16.6. The minimum absolute atomic E-state index is 0.0173. The third-order valence-corrected chi connectivity index (χ3v) is 12.2. The van der Waals surface area contributed by atoms with E-state index in [1.807, 2.05) is 11.1 Å². The van der Waals surface area contributed by atoms with Crippen molar-refractivity contribution in [2.75, 3.05) is 52.3 Å². The average molecular weight is 696 g/mol. The van der Waals surface area contributed by atoms with Gasteiger partial charge in [-0.2, -0.15) is 5.10 Å². The van der Waals surface area contributed by atoms with E-state index in [2.05, 4.69) is 89.3 Å². The van der Waals surface area contributed by atoms with Crippen molar-refractivity contribution in [2.24, 2.45) is 17.8 Å². The van der Waals surface area contributed by atoms with E-state index in [-0.39, 0.29) is 17.9 Å². The largest absolute Gasteiger partial charge is 0.496 e. The molecular weight excluding hydrogens is 638 g/mol. The van der Waals surface area contributed by atoms with Crippen LogP contribution in [0.4, 0.5) is 10.5 Å². The number of benzene rings is 2. The lowest BCUT2D eigenvalue weighted by atomic mass is 9.77. The Morgan fingerprint density at radius 1 is 0.882 bits per heavy atom. The molecule has 9 nitrogen and oxygen atoms in total. The Kier molecular flexibility index (Phi) is 11.0. The van der Waals surface area contributed by atoms with E-state index < -0.39 is 0 Å². The summed E-state index contributed by atoms with van der Waals surface area (Å²) in [7, 11) is 5.86. The Balaban J connectivity index is 1.000. The maximum absolute atomic E-state index is 14.5. The molecular formula is C42H57N5O4. The fourth-order valence-electron chi connectivity index (χ4n) is 8.70. The summed E-state index contributed by atoms with van der Waals surface area (Å²) in [6.07, 6.45) is 15.3. The molecule has 7 rings (SSSR count). The lowest BCUT2D eigenvalue weighted by Gasteiger charge is -2.36. The number of methoxy groups -OCH3 is 1. The zero-order valence-electron chi connectivity index (χ0n) is 31.1. The predicted molar refractivity (Wildman–Crippen MR) is 201 cm³/mol. The van der Waals surface area contributed by atoms with Crippen LogP contribution in [0, 0.1) is 24.7 Å². The van der Waals surface area contributed by atoms with Crippen molar-refractivity contribution in [1.82, 2.24) is 19.6 Å². The van der Waals surface area contributed by atoms with E-state index in [0.717, 1.165) is 100.0 Å². The second-order valence-corrected chi connectivity index (χ2v) is 16.0. The number of carbonyl (C=O) groups is 2. The van der Waals surface area contributed by atoms with E-state index in [0.29, 0.717) is 36.4 Å². The lowest BCUT2D eigenvalue weighted by molar-refractivity contribution is -0.123. The molecule has 0 bridgehead atoms. The molecule has 1 saturated heterocycles. The zero-order chi connectivity index (χ0) is 35.5. The van der Waals surface area contributed by atoms with Gasteiger partial charge in [0.2, 0.25) is 5.91 Å². The molecule has 4 aliphatic rings. The Labute approximate surface area is 304 Å². The quantitative estimate of drug-likeness (QED) is 0.202. The Morgan fingerprint density at radius 3 is 2.33 bits per heavy atom. The number of hydrogen-bond acceptors (Lipinski definition) is 6. The van der Waals surface area contributed by atoms with Gasteiger partial charge in [-0.15, -0.1) is 0 Å². The monoisotopic (exact) mass is 695 g/mol. The highest BCUT2D eigenvalue weighted by Gasteiger charge is 2.34. The molecule has 1 aliphatic heterocycles. The van der Waals surface area contributed by atoms with Gasteiger partial charge in [-0.05, 0) is 144 Å². The van der Waals surface area contributed by atoms with Crippen LogP contribution < -0.4 is 9.64 Å². The molecule has 51 heavy (non-hydrogen) atoms. The SMILES string of the molecule is COc1ccc(C2CCC(CN(C(=O)C3CCC(COC(=O)N4CCC(N(C)C)C4)CC3)c3cccc(-c4cnn(C5CC5)c4)c3)CC2)cc1C. The minimum Gasteiger partial charge on any atom is -0.496 e. The zero-order valence-corrected chi connectivity index (χ0v) is 31.1. The smallest absolute Gasteiger partial charge is 0.409 e. The summed E-state index contributed by atoms with van der Waals surface area (Å²) in [5.41, 5.74) is 5.79. The fraction of sp³-hybridized carbons (Fsp3) is 0.595. The molecule has 2 heterocycles. The molecule has 2 aromatic carbocycles. The van der Waals surface area contributed by atoms with Crippen LogP contribution in [0.15, 0.2) is 54.9 Å². The van der Waals surface area contributed by atoms with Crippen molar-refractivity contribution in [1.29, 1.82) is 0 Å². The van der Waals surface area contributed by atoms with Crippen molar-refractivity contribution < 1.29 is 19.1 Å². The van der Waals surface area contributed by atoms with Gasteiger partial charge < -0.3 is 24.2 Å². The highest BCUT2D eigenvalue weighted by Crippen LogP contribution is 2.40. The van der Waals surface area contributed by atoms with Gasteiger partial charge in [0.25, 0.3) is 0 Å². The number of carbonyl (C=O) groups excluding carboxylic acids is 2. The number of likely N-dealkylation sites (N-methyl/N-ethyl adjacent to an activating group) is 1. The summed E-state index contributed by atoms with van der Waals surface area (Å²) in [6, 6.07) is 16.1. The summed E-state index contributed by atoms with van der Waals surface area (Å²) in [4.78, 5) is 33.5. The number of anilines is 1. The molecule has 1 atom stereocenters. The van der Waals surface area contributed by atoms with Gasteiger partial charge in [0.15, 0.2) is 0 Å². The first-order valence-corrected chi connectivity index (χ1v) is 19.4. The highest BCUT2D eigenvalue weighted by molar-refractivity contribution is 5.95. The van der Waals surface area contributed by atoms with Crippen LogP contribution in [0.1, 0.15) is 93.7 Å². The van der Waals surface area contributed by atoms with Crippen molar-refractivity contribution in [3.63, 3.8) is 0 Å². The fourth-order valence-corrected chi connectivity index (χ4v) is 8.70. The van der Waals surface area contributed by atoms with Crippen molar-refractivity contribution in [2.45, 2.75) is 95.6 Å². The molecule has 2 amide bonds. The topological polar surface area (TPSA) is 80.1 Å². The summed E-state index contributed by atoms with van der Waals surface area (Å²) >= 11 is 0. The van der Waals surface area contributed by atoms with Crippen LogP contribution in [-0.2, 0) is 9.53 Å². The second-order valence-electron chi connectivity index (χ2n) is 16.0. The number of amides is 2. The lowest BCUT2D eigenvalue weighted by Crippen LogP contribution is -2.41. The van der Waals surface area contributed by atoms with Crippen molar-refractivity contribution in [3.05, 3.63) is 66.0 Å². The Morgan fingerprint density at radius 2 is 1.65 bits per heavy atom. The molecule has 3 aliphatic carbocycles. The van der Waals surface area contributed by atoms with E-state index in [1.165, 1.54) is 24.0 Å². The molecule has 0 radical (unpaired) electrons. The van der Waals surface area contributed by atoms with Crippen molar-refractivity contribution >= 4 is 17.7 Å². The Hall–Kier alpha value is -3.85. The summed E-state index contributed by atoms with van der Waals surface area (Å²) in [6.45, 7) is 4.80. The molecule has 274 valence electrons. The maximum atomic E-state index is 14.5.